The maximum absolute atomic E-state index is 11.4. The van der Waals surface area contributed by atoms with Gasteiger partial charge in [-0.3, -0.25) is 4.79 Å². The van der Waals surface area contributed by atoms with Gasteiger partial charge in [0.2, 0.25) is 6.54 Å². The Balaban J connectivity index is 2.46. The number of rotatable bonds is 5. The summed E-state index contributed by atoms with van der Waals surface area (Å²) in [7, 11) is 0. The van der Waals surface area contributed by atoms with Gasteiger partial charge in [0, 0.05) is 18.7 Å². The van der Waals surface area contributed by atoms with Crippen LogP contribution < -0.4 is 9.88 Å². The van der Waals surface area contributed by atoms with E-state index in [1.165, 1.54) is 5.56 Å². The molecule has 0 atom stereocenters. The second kappa shape index (κ2) is 6.17. The second-order valence-corrected chi connectivity index (χ2v) is 3.58. The Morgan fingerprint density at radius 1 is 1.33 bits per heavy atom. The molecule has 1 heterocycles. The molecule has 0 radical (unpaired) electrons. The van der Waals surface area contributed by atoms with Gasteiger partial charge in [-0.15, -0.1) is 0 Å². The summed E-state index contributed by atoms with van der Waals surface area (Å²) in [6, 6.07) is 4.10. The number of nitrogens with zero attached hydrogens (tertiary/aromatic N) is 1. The van der Waals surface area contributed by atoms with Gasteiger partial charge in [-0.1, -0.05) is 13.8 Å². The standard InChI is InChI=1S/C12H18N2O/c1-3-7-13-12(15)10-14-8-5-11(4-2)6-9-14/h5-6,8-9H,3-4,7,10H2,1-2H3/p+1. The smallest absolute Gasteiger partial charge is 0.285 e. The van der Waals surface area contributed by atoms with Gasteiger partial charge in [-0.25, -0.2) is 0 Å². The Hall–Kier alpha value is -1.38. The van der Waals surface area contributed by atoms with Gasteiger partial charge in [-0.05, 0) is 18.4 Å². The first-order valence-electron chi connectivity index (χ1n) is 5.51. The van der Waals surface area contributed by atoms with Crippen molar-refractivity contribution in [1.29, 1.82) is 0 Å². The lowest BCUT2D eigenvalue weighted by Crippen LogP contribution is -2.42. The van der Waals surface area contributed by atoms with E-state index in [0.29, 0.717) is 6.54 Å². The normalized spacial score (nSPS) is 10.0. The minimum atomic E-state index is 0.0751. The molecule has 0 unspecified atom stereocenters. The fourth-order valence-electron chi connectivity index (χ4n) is 1.32. The highest BCUT2D eigenvalue weighted by Gasteiger charge is 2.07. The van der Waals surface area contributed by atoms with Gasteiger partial charge in [0.1, 0.15) is 0 Å². The predicted molar refractivity (Wildman–Crippen MR) is 59.3 cm³/mol. The van der Waals surface area contributed by atoms with Crippen LogP contribution in [0.4, 0.5) is 0 Å². The van der Waals surface area contributed by atoms with E-state index in [1.807, 2.05) is 36.0 Å². The van der Waals surface area contributed by atoms with Crippen LogP contribution in [0.3, 0.4) is 0 Å². The summed E-state index contributed by atoms with van der Waals surface area (Å²) < 4.78 is 1.89. The molecular formula is C12H19N2O+. The fraction of sp³-hybridized carbons (Fsp3) is 0.500. The number of pyridine rings is 1. The Morgan fingerprint density at radius 2 is 2.00 bits per heavy atom. The summed E-state index contributed by atoms with van der Waals surface area (Å²) in [5, 5.41) is 2.85. The number of nitrogens with one attached hydrogen (secondary N) is 1. The first-order chi connectivity index (χ1) is 7.26. The van der Waals surface area contributed by atoms with E-state index in [-0.39, 0.29) is 5.91 Å². The summed E-state index contributed by atoms with van der Waals surface area (Å²) in [6.45, 7) is 5.33. The van der Waals surface area contributed by atoms with Crippen molar-refractivity contribution in [3.63, 3.8) is 0 Å². The first kappa shape index (κ1) is 11.7. The molecule has 0 saturated carbocycles. The maximum Gasteiger partial charge on any atom is 0.285 e. The fourth-order valence-corrected chi connectivity index (χ4v) is 1.32. The van der Waals surface area contributed by atoms with Crippen LogP contribution in [0.15, 0.2) is 24.5 Å². The molecule has 0 aromatic carbocycles. The molecule has 3 nitrogen and oxygen atoms in total. The lowest BCUT2D eigenvalue weighted by atomic mass is 10.2. The third kappa shape index (κ3) is 4.11. The molecule has 0 fully saturated rings. The second-order valence-electron chi connectivity index (χ2n) is 3.58. The summed E-state index contributed by atoms with van der Waals surface area (Å²) in [6.07, 6.45) is 5.91. The van der Waals surface area contributed by atoms with E-state index in [2.05, 4.69) is 12.2 Å². The number of carbonyl (C=O) groups excluding carboxylic acids is 1. The number of amides is 1. The lowest BCUT2D eigenvalue weighted by molar-refractivity contribution is -0.684. The molecule has 3 heteroatoms. The van der Waals surface area contributed by atoms with Crippen molar-refractivity contribution in [3.05, 3.63) is 30.1 Å². The molecule has 1 aromatic heterocycles. The van der Waals surface area contributed by atoms with Crippen molar-refractivity contribution in [2.45, 2.75) is 33.2 Å². The molecule has 0 aliphatic heterocycles. The monoisotopic (exact) mass is 207 g/mol. The van der Waals surface area contributed by atoms with Gasteiger partial charge < -0.3 is 5.32 Å². The van der Waals surface area contributed by atoms with Crippen molar-refractivity contribution in [2.75, 3.05) is 6.54 Å². The topological polar surface area (TPSA) is 33.0 Å². The minimum Gasteiger partial charge on any atom is -0.351 e. The molecule has 0 aliphatic carbocycles. The zero-order valence-electron chi connectivity index (χ0n) is 9.49. The molecule has 1 aromatic rings. The Kier molecular flexibility index (Phi) is 4.81. The Bertz CT molecular complexity index is 306. The third-order valence-electron chi connectivity index (χ3n) is 2.27. The molecule has 1 N–H and O–H groups in total. The maximum atomic E-state index is 11.4. The molecule has 0 aliphatic rings. The number of aromatic nitrogens is 1. The summed E-state index contributed by atoms with van der Waals surface area (Å²) in [5.41, 5.74) is 1.29. The van der Waals surface area contributed by atoms with Gasteiger partial charge in [0.05, 0.1) is 0 Å². The number of hydrogen-bond donors (Lipinski definition) is 1. The van der Waals surface area contributed by atoms with E-state index < -0.39 is 0 Å². The van der Waals surface area contributed by atoms with Crippen LogP contribution in [0.2, 0.25) is 0 Å². The molecule has 0 spiro atoms. The van der Waals surface area contributed by atoms with E-state index in [4.69, 9.17) is 0 Å². The van der Waals surface area contributed by atoms with Gasteiger partial charge in [0.15, 0.2) is 12.4 Å². The van der Waals surface area contributed by atoms with Crippen molar-refractivity contribution >= 4 is 5.91 Å². The molecule has 1 rings (SSSR count). The van der Waals surface area contributed by atoms with Crippen LogP contribution in [0.5, 0.6) is 0 Å². The van der Waals surface area contributed by atoms with E-state index >= 15 is 0 Å². The van der Waals surface area contributed by atoms with Crippen LogP contribution in [0.25, 0.3) is 0 Å². The Morgan fingerprint density at radius 3 is 2.53 bits per heavy atom. The van der Waals surface area contributed by atoms with Crippen molar-refractivity contribution in [1.82, 2.24) is 5.32 Å². The lowest BCUT2D eigenvalue weighted by Gasteiger charge is -2.00. The molecule has 0 bridgehead atoms. The van der Waals surface area contributed by atoms with Crippen molar-refractivity contribution in [2.24, 2.45) is 0 Å². The third-order valence-corrected chi connectivity index (χ3v) is 2.27. The van der Waals surface area contributed by atoms with Crippen LogP contribution in [0, 0.1) is 0 Å². The van der Waals surface area contributed by atoms with Crippen LogP contribution in [-0.2, 0) is 17.8 Å². The van der Waals surface area contributed by atoms with Crippen LogP contribution >= 0.6 is 0 Å². The average molecular weight is 207 g/mol. The summed E-state index contributed by atoms with van der Waals surface area (Å²) in [4.78, 5) is 11.4. The number of hydrogen-bond acceptors (Lipinski definition) is 1. The van der Waals surface area contributed by atoms with E-state index in [9.17, 15) is 4.79 Å². The zero-order chi connectivity index (χ0) is 11.1. The van der Waals surface area contributed by atoms with Crippen molar-refractivity contribution < 1.29 is 9.36 Å². The highest BCUT2D eigenvalue weighted by Crippen LogP contribution is 1.94. The first-order valence-corrected chi connectivity index (χ1v) is 5.51. The summed E-state index contributed by atoms with van der Waals surface area (Å²) in [5.74, 6) is 0.0751. The van der Waals surface area contributed by atoms with Crippen molar-refractivity contribution in [3.8, 4) is 0 Å². The molecule has 15 heavy (non-hydrogen) atoms. The largest absolute Gasteiger partial charge is 0.351 e. The van der Waals surface area contributed by atoms with Gasteiger partial charge >= 0.3 is 0 Å². The molecule has 0 saturated heterocycles. The van der Waals surface area contributed by atoms with Gasteiger partial charge in [0.25, 0.3) is 5.91 Å². The highest BCUT2D eigenvalue weighted by atomic mass is 16.1. The molecular weight excluding hydrogens is 188 g/mol. The molecule has 82 valence electrons. The average Bonchev–Trinajstić information content (AvgIpc) is 2.27. The van der Waals surface area contributed by atoms with Gasteiger partial charge in [-0.2, -0.15) is 4.57 Å². The van der Waals surface area contributed by atoms with E-state index in [0.717, 1.165) is 19.4 Å². The predicted octanol–water partition coefficient (Wildman–Crippen LogP) is 1.06. The Labute approximate surface area is 91.1 Å². The minimum absolute atomic E-state index is 0.0751. The SMILES string of the molecule is CCCNC(=O)C[n+]1ccc(CC)cc1. The molecule has 1 amide bonds. The highest BCUT2D eigenvalue weighted by molar-refractivity contribution is 5.74. The van der Waals surface area contributed by atoms with Crippen LogP contribution in [0.1, 0.15) is 25.8 Å². The number of carbonyl (C=O) groups is 1. The zero-order valence-corrected chi connectivity index (χ0v) is 9.49. The quantitative estimate of drug-likeness (QED) is 0.720. The number of aryl methyl sites for hydroxylation is 1. The van der Waals surface area contributed by atoms with Crippen LogP contribution in [-0.4, -0.2) is 12.5 Å². The van der Waals surface area contributed by atoms with E-state index in [1.54, 1.807) is 0 Å². The summed E-state index contributed by atoms with van der Waals surface area (Å²) >= 11 is 0.